The summed E-state index contributed by atoms with van der Waals surface area (Å²) in [5, 5.41) is 0. The van der Waals surface area contributed by atoms with Crippen molar-refractivity contribution in [1.82, 2.24) is 39.9 Å². The number of benzene rings is 4. The lowest BCUT2D eigenvalue weighted by atomic mass is 10.0. The summed E-state index contributed by atoms with van der Waals surface area (Å²) in [5.41, 5.74) is 9.32. The van der Waals surface area contributed by atoms with Gasteiger partial charge in [0.05, 0.1) is 38.8 Å². The Morgan fingerprint density at radius 1 is 0.162 bits per heavy atom. The van der Waals surface area contributed by atoms with Crippen LogP contribution in [0.2, 0.25) is 0 Å². The first kappa shape index (κ1) is 100.0. The maximum Gasteiger partial charge on any atom is 0.159 e. The second kappa shape index (κ2) is 70.3. The van der Waals surface area contributed by atoms with E-state index in [1.807, 2.05) is 73.6 Å². The van der Waals surface area contributed by atoms with Crippen LogP contribution in [-0.4, -0.2) is 66.3 Å². The minimum Gasteiger partial charge on any atom is -0.494 e. The van der Waals surface area contributed by atoms with Crippen LogP contribution in [0.15, 0.2) is 147 Å². The molecule has 0 N–H and O–H groups in total. The molecule has 0 saturated heterocycles. The second-order valence-electron chi connectivity index (χ2n) is 32.6. The first-order chi connectivity index (χ1) is 57.8. The Morgan fingerprint density at radius 3 is 0.556 bits per heavy atom. The lowest BCUT2D eigenvalue weighted by molar-refractivity contribution is 0.302. The average Bonchev–Trinajstić information content (AvgIpc) is 0.873. The van der Waals surface area contributed by atoms with E-state index in [9.17, 15) is 0 Å². The van der Waals surface area contributed by atoms with Gasteiger partial charge in [0.1, 0.15) is 17.2 Å². The van der Waals surface area contributed by atoms with Gasteiger partial charge in [-0.15, -0.1) is 0 Å². The first-order valence-electron chi connectivity index (χ1n) is 48.0. The molecule has 0 spiro atoms. The number of aromatic nitrogens is 8. The van der Waals surface area contributed by atoms with E-state index >= 15 is 0 Å². The maximum atomic E-state index is 5.88. The largest absolute Gasteiger partial charge is 0.494 e. The zero-order valence-corrected chi connectivity index (χ0v) is 75.4. The molecule has 0 radical (unpaired) electrons. The highest BCUT2D eigenvalue weighted by atomic mass is 16.5. The van der Waals surface area contributed by atoms with Crippen molar-refractivity contribution in [3.05, 3.63) is 169 Å². The van der Waals surface area contributed by atoms with Gasteiger partial charge in [0.2, 0.25) is 0 Å². The predicted molar refractivity (Wildman–Crippen MR) is 498 cm³/mol. The standard InChI is InChI=1S/C27H42N2O.3C26H40N2O/c1-3-5-7-9-11-12-14-16-24-22-28-27(29-23-24)25-17-19-26(20-18-25)30-21-15-13-10-8-6-4-2;1-3-5-7-9-10-12-14-20-29-25-18-16-24(17-19-25)26-27-21-23(22-28-26)15-13-11-8-6-4-2;1-3-5-7-9-10-12-14-20-29-25-21-27-26(28-22-25)24-18-16-23(17-19-24)15-13-11-8-6-4-2;1-3-5-7-9-11-13-15-23-21-27-26(28-22-23)24-16-18-25(19-17-24)29-20-14-12-10-8-6-4-2/h17-20,22-23H,3-16,21H2,1-2H3;3*16-19,21-22H,3-15,20H2,1-2H3. The highest BCUT2D eigenvalue weighted by Gasteiger charge is 2.10. The summed E-state index contributed by atoms with van der Waals surface area (Å²) in [5.74, 6) is 6.71. The molecular formula is C105H162N8O4. The van der Waals surface area contributed by atoms with Crippen LogP contribution in [0.3, 0.4) is 0 Å². The van der Waals surface area contributed by atoms with Gasteiger partial charge in [-0.2, -0.15) is 0 Å². The van der Waals surface area contributed by atoms with Crippen LogP contribution >= 0.6 is 0 Å². The Labute approximate surface area is 714 Å². The Balaban J connectivity index is 0.000000278. The fourth-order valence-electron chi connectivity index (χ4n) is 14.3. The second-order valence-corrected chi connectivity index (χ2v) is 32.6. The molecule has 4 aromatic heterocycles. The van der Waals surface area contributed by atoms with Crippen molar-refractivity contribution < 1.29 is 18.9 Å². The van der Waals surface area contributed by atoms with Crippen molar-refractivity contribution >= 4 is 0 Å². The highest BCUT2D eigenvalue weighted by Crippen LogP contribution is 2.26. The summed E-state index contributed by atoms with van der Waals surface area (Å²) in [6.07, 6.45) is 83.9. The van der Waals surface area contributed by atoms with Crippen molar-refractivity contribution in [2.75, 3.05) is 26.4 Å². The van der Waals surface area contributed by atoms with Crippen LogP contribution in [0.5, 0.6) is 23.0 Å². The van der Waals surface area contributed by atoms with Crippen LogP contribution in [0.25, 0.3) is 45.6 Å². The number of hydrogen-bond donors (Lipinski definition) is 0. The zero-order valence-electron chi connectivity index (χ0n) is 75.4. The Morgan fingerprint density at radius 2 is 0.333 bits per heavy atom. The van der Waals surface area contributed by atoms with Crippen molar-refractivity contribution in [1.29, 1.82) is 0 Å². The van der Waals surface area contributed by atoms with E-state index in [0.717, 1.165) is 146 Å². The van der Waals surface area contributed by atoms with Gasteiger partial charge in [-0.25, -0.2) is 39.9 Å². The summed E-state index contributed by atoms with van der Waals surface area (Å²) < 4.78 is 23.4. The molecule has 8 rings (SSSR count). The lowest BCUT2D eigenvalue weighted by Gasteiger charge is -2.07. The SMILES string of the molecule is CCCCCCCCCOc1ccc(-c2ncc(CCCCCCC)cn2)cc1.CCCCCCCCCOc1cnc(-c2ccc(CCCCCCC)cc2)nc1.CCCCCCCCCc1cnc(-c2ccc(OCCCCCCCC)cc2)nc1.CCCCCCCCOc1ccc(-c2ncc(CCCCCCCC)cn2)cc1. The Kier molecular flexibility index (Phi) is 60.0. The number of rotatable bonds is 65. The fourth-order valence-corrected chi connectivity index (χ4v) is 14.3. The molecule has 12 nitrogen and oxygen atoms in total. The number of nitrogens with zero attached hydrogens (tertiary/aromatic N) is 8. The molecule has 0 bridgehead atoms. The molecule has 0 atom stereocenters. The molecule has 0 amide bonds. The van der Waals surface area contributed by atoms with E-state index in [1.165, 1.54) is 311 Å². The van der Waals surface area contributed by atoms with Crippen molar-refractivity contribution in [3.63, 3.8) is 0 Å². The van der Waals surface area contributed by atoms with Crippen LogP contribution in [0, 0.1) is 0 Å². The van der Waals surface area contributed by atoms with Gasteiger partial charge in [0.15, 0.2) is 29.0 Å². The molecule has 8 aromatic rings. The molecule has 12 heteroatoms. The molecule has 4 aromatic carbocycles. The minimum absolute atomic E-state index is 0.753. The van der Waals surface area contributed by atoms with Crippen LogP contribution in [-0.2, 0) is 25.7 Å². The van der Waals surface area contributed by atoms with Crippen LogP contribution < -0.4 is 18.9 Å². The van der Waals surface area contributed by atoms with Gasteiger partial charge in [-0.3, -0.25) is 0 Å². The van der Waals surface area contributed by atoms with E-state index < -0.39 is 0 Å². The summed E-state index contributed by atoms with van der Waals surface area (Å²) in [6, 6.07) is 33.2. The minimum atomic E-state index is 0.753. The zero-order chi connectivity index (χ0) is 83.0. The van der Waals surface area contributed by atoms with E-state index in [2.05, 4.69) is 156 Å². The average molecular weight is 1600 g/mol. The molecule has 0 unspecified atom stereocenters. The highest BCUT2D eigenvalue weighted by molar-refractivity contribution is 5.58. The van der Waals surface area contributed by atoms with Gasteiger partial charge in [0, 0.05) is 59.4 Å². The lowest BCUT2D eigenvalue weighted by Crippen LogP contribution is -1.99. The smallest absolute Gasteiger partial charge is 0.159 e. The summed E-state index contributed by atoms with van der Waals surface area (Å²) >= 11 is 0. The van der Waals surface area contributed by atoms with Gasteiger partial charge < -0.3 is 18.9 Å². The molecule has 4 heterocycles. The van der Waals surface area contributed by atoms with Crippen molar-refractivity contribution in [3.8, 4) is 68.5 Å². The van der Waals surface area contributed by atoms with E-state index in [1.54, 1.807) is 12.4 Å². The first-order valence-corrected chi connectivity index (χ1v) is 48.0. The molecule has 0 fully saturated rings. The molecule has 0 aliphatic carbocycles. The quantitative estimate of drug-likeness (QED) is 0.0335. The number of ether oxygens (including phenoxy) is 4. The molecule has 646 valence electrons. The number of aryl methyl sites for hydroxylation is 4. The van der Waals surface area contributed by atoms with Gasteiger partial charge in [-0.1, -0.05) is 343 Å². The van der Waals surface area contributed by atoms with Crippen molar-refractivity contribution in [2.45, 2.75) is 396 Å². The Hall–Kier alpha value is -7.60. The van der Waals surface area contributed by atoms with E-state index in [0.29, 0.717) is 0 Å². The predicted octanol–water partition coefficient (Wildman–Crippen LogP) is 31.5. The van der Waals surface area contributed by atoms with Gasteiger partial charge in [0.25, 0.3) is 0 Å². The third-order valence-corrected chi connectivity index (χ3v) is 21.9. The normalized spacial score (nSPS) is 11.0. The molecule has 0 aliphatic heterocycles. The summed E-state index contributed by atoms with van der Waals surface area (Å²) in [4.78, 5) is 36.4. The van der Waals surface area contributed by atoms with Gasteiger partial charge >= 0.3 is 0 Å². The monoisotopic (exact) mass is 1600 g/mol. The van der Waals surface area contributed by atoms with Crippen LogP contribution in [0.4, 0.5) is 0 Å². The van der Waals surface area contributed by atoms with Gasteiger partial charge in [-0.05, 0) is 172 Å². The molecular weight excluding hydrogens is 1440 g/mol. The molecule has 0 aliphatic rings. The third kappa shape index (κ3) is 49.5. The fraction of sp³-hybridized carbons (Fsp3) is 0.619. The maximum absolute atomic E-state index is 5.88. The Bertz CT molecular complexity index is 3330. The molecule has 0 saturated carbocycles. The summed E-state index contributed by atoms with van der Waals surface area (Å²) in [6.45, 7) is 21.2. The van der Waals surface area contributed by atoms with E-state index in [4.69, 9.17) is 18.9 Å². The number of unbranched alkanes of at least 4 members (excludes halogenated alkanes) is 41. The topological polar surface area (TPSA) is 140 Å². The van der Waals surface area contributed by atoms with E-state index in [-0.39, 0.29) is 0 Å². The molecule has 117 heavy (non-hydrogen) atoms. The number of hydrogen-bond acceptors (Lipinski definition) is 12. The van der Waals surface area contributed by atoms with Crippen LogP contribution in [0.1, 0.15) is 392 Å². The summed E-state index contributed by atoms with van der Waals surface area (Å²) in [7, 11) is 0. The third-order valence-electron chi connectivity index (χ3n) is 21.9. The van der Waals surface area contributed by atoms with Crippen molar-refractivity contribution in [2.24, 2.45) is 0 Å².